The molecule has 2 amide bonds. The van der Waals surface area contributed by atoms with Gasteiger partial charge in [0.25, 0.3) is 5.91 Å². The van der Waals surface area contributed by atoms with Crippen molar-refractivity contribution >= 4 is 27.6 Å². The molecule has 2 bridgehead atoms. The molecule has 0 spiro atoms. The first-order chi connectivity index (χ1) is 14.7. The van der Waals surface area contributed by atoms with Crippen molar-refractivity contribution in [1.82, 2.24) is 25.3 Å². The quantitative estimate of drug-likeness (QED) is 0.518. The van der Waals surface area contributed by atoms with Crippen LogP contribution in [0.25, 0.3) is 0 Å². The third-order valence-electron chi connectivity index (χ3n) is 4.77. The molecule has 1 aliphatic heterocycles. The molecule has 10 nitrogen and oxygen atoms in total. The lowest BCUT2D eigenvalue weighted by molar-refractivity contribution is -0.140. The van der Waals surface area contributed by atoms with Gasteiger partial charge >= 0.3 is 0 Å². The molecule has 1 aromatic carbocycles. The molecule has 2 aromatic rings. The van der Waals surface area contributed by atoms with Gasteiger partial charge < -0.3 is 10.6 Å². The van der Waals surface area contributed by atoms with Gasteiger partial charge in [-0.2, -0.15) is 4.72 Å². The van der Waals surface area contributed by atoms with Gasteiger partial charge in [-0.15, -0.1) is 0 Å². The fourth-order valence-electron chi connectivity index (χ4n) is 3.08. The Hall–Kier alpha value is -3.18. The summed E-state index contributed by atoms with van der Waals surface area (Å²) in [5, 5.41) is 4.98. The van der Waals surface area contributed by atoms with E-state index < -0.39 is 45.6 Å². The summed E-state index contributed by atoms with van der Waals surface area (Å²) < 4.78 is 27.8. The summed E-state index contributed by atoms with van der Waals surface area (Å²) >= 11 is 0. The highest BCUT2D eigenvalue weighted by atomic mass is 32.2. The van der Waals surface area contributed by atoms with Crippen LogP contribution in [-0.4, -0.2) is 48.1 Å². The van der Waals surface area contributed by atoms with Crippen molar-refractivity contribution in [2.45, 2.75) is 43.8 Å². The maximum atomic E-state index is 13.0. The van der Waals surface area contributed by atoms with Crippen LogP contribution in [0.5, 0.6) is 0 Å². The number of rotatable bonds is 6. The van der Waals surface area contributed by atoms with Crippen molar-refractivity contribution in [3.63, 3.8) is 0 Å². The van der Waals surface area contributed by atoms with Gasteiger partial charge in [-0.25, -0.2) is 18.4 Å². The van der Waals surface area contributed by atoms with Gasteiger partial charge in [-0.1, -0.05) is 32.0 Å². The third kappa shape index (κ3) is 5.50. The predicted molar refractivity (Wildman–Crippen MR) is 110 cm³/mol. The molecule has 1 aliphatic rings. The van der Waals surface area contributed by atoms with E-state index in [9.17, 15) is 22.8 Å². The second-order valence-electron chi connectivity index (χ2n) is 7.47. The Morgan fingerprint density at radius 2 is 1.81 bits per heavy atom. The van der Waals surface area contributed by atoms with E-state index in [4.69, 9.17) is 0 Å². The van der Waals surface area contributed by atoms with E-state index in [1.54, 1.807) is 38.1 Å². The van der Waals surface area contributed by atoms with Gasteiger partial charge in [-0.3, -0.25) is 14.4 Å². The molecule has 2 atom stereocenters. The molecule has 0 aliphatic carbocycles. The van der Waals surface area contributed by atoms with Gasteiger partial charge in [0.15, 0.2) is 0 Å². The smallest absolute Gasteiger partial charge is 0.289 e. The highest BCUT2D eigenvalue weighted by molar-refractivity contribution is 7.89. The van der Waals surface area contributed by atoms with Crippen LogP contribution in [0.1, 0.15) is 25.2 Å². The molecule has 2 unspecified atom stereocenters. The van der Waals surface area contributed by atoms with E-state index in [2.05, 4.69) is 25.3 Å². The number of aromatic nitrogens is 2. The first-order valence-corrected chi connectivity index (χ1v) is 11.2. The summed E-state index contributed by atoms with van der Waals surface area (Å²) in [5.41, 5.74) is 1.01. The molecule has 0 radical (unpaired) electrons. The molecule has 3 rings (SSSR count). The van der Waals surface area contributed by atoms with E-state index in [1.807, 2.05) is 0 Å². The van der Waals surface area contributed by atoms with Gasteiger partial charge in [-0.05, 0) is 24.1 Å². The van der Waals surface area contributed by atoms with Gasteiger partial charge in [0.05, 0.1) is 17.1 Å². The minimum absolute atomic E-state index is 0.0138. The maximum absolute atomic E-state index is 13.0. The lowest BCUT2D eigenvalue weighted by Crippen LogP contribution is -2.55. The number of amides is 2. The summed E-state index contributed by atoms with van der Waals surface area (Å²) in [4.78, 5) is 45.8. The van der Waals surface area contributed by atoms with E-state index in [1.165, 1.54) is 18.5 Å². The van der Waals surface area contributed by atoms with E-state index in [0.717, 1.165) is 0 Å². The Morgan fingerprint density at radius 3 is 2.48 bits per heavy atom. The molecule has 164 valence electrons. The number of nitrogens with zero attached hydrogens (tertiary/aromatic N) is 2. The molecule has 11 heteroatoms. The van der Waals surface area contributed by atoms with E-state index in [-0.39, 0.29) is 17.9 Å². The number of nitrogens with one attached hydrogen (secondary N) is 3. The largest absolute Gasteiger partial charge is 0.344 e. The van der Waals surface area contributed by atoms with E-state index >= 15 is 0 Å². The zero-order chi connectivity index (χ0) is 22.6. The Morgan fingerprint density at radius 1 is 1.13 bits per heavy atom. The molecule has 0 saturated heterocycles. The van der Waals surface area contributed by atoms with Crippen molar-refractivity contribution < 1.29 is 22.8 Å². The van der Waals surface area contributed by atoms with Crippen molar-refractivity contribution in [2.24, 2.45) is 5.92 Å². The average Bonchev–Trinajstić information content (AvgIpc) is 2.78. The highest BCUT2D eigenvalue weighted by Crippen LogP contribution is 2.13. The van der Waals surface area contributed by atoms with Gasteiger partial charge in [0, 0.05) is 12.1 Å². The van der Waals surface area contributed by atoms with Crippen LogP contribution in [0.2, 0.25) is 0 Å². The third-order valence-corrected chi connectivity index (χ3v) is 6.22. The molecule has 0 fully saturated rings. The number of ketones is 1. The van der Waals surface area contributed by atoms with Crippen LogP contribution < -0.4 is 15.4 Å². The highest BCUT2D eigenvalue weighted by Gasteiger charge is 2.34. The topological polar surface area (TPSA) is 147 Å². The molecule has 0 saturated carbocycles. The van der Waals surface area contributed by atoms with Gasteiger partial charge in [0.2, 0.25) is 21.7 Å². The fraction of sp³-hybridized carbons (Fsp3) is 0.350. The van der Waals surface area contributed by atoms with Crippen LogP contribution >= 0.6 is 0 Å². The molecule has 2 heterocycles. The van der Waals surface area contributed by atoms with E-state index in [0.29, 0.717) is 11.4 Å². The molecule has 3 N–H and O–H groups in total. The molecule has 31 heavy (non-hydrogen) atoms. The number of fused-ring (bicyclic) bond motifs is 2. The zero-order valence-corrected chi connectivity index (χ0v) is 17.8. The molecular formula is C20H23N5O5S. The Balaban J connectivity index is 1.82. The van der Waals surface area contributed by atoms with Crippen LogP contribution in [0.15, 0.2) is 47.6 Å². The molecule has 1 aromatic heterocycles. The Bertz CT molecular complexity index is 1090. The summed E-state index contributed by atoms with van der Waals surface area (Å²) in [7, 11) is -3.97. The average molecular weight is 446 g/mol. The van der Waals surface area contributed by atoms with Crippen molar-refractivity contribution in [1.29, 1.82) is 0 Å². The monoisotopic (exact) mass is 445 g/mol. The normalized spacial score (nSPS) is 17.8. The SMILES string of the molecule is CC(C)C(NS(=O)(=O)c1ccccc1)C(=O)NC1Cc2cc(ncn2)CNC(=O)C1=O. The van der Waals surface area contributed by atoms with Crippen molar-refractivity contribution in [3.05, 3.63) is 54.1 Å². The number of benzene rings is 1. The van der Waals surface area contributed by atoms with Crippen LogP contribution in [-0.2, 0) is 37.4 Å². The number of carbonyl (C=O) groups excluding carboxylic acids is 3. The minimum Gasteiger partial charge on any atom is -0.344 e. The standard InChI is InChI=1S/C20H23N5O5S/c1-12(2)17(25-31(29,30)15-6-4-3-5-7-15)19(27)24-16-9-13-8-14(23-11-22-13)10-21-20(28)18(16)26/h3-8,11-12,16-17,25H,9-10H2,1-2H3,(H,21,28)(H,24,27). The summed E-state index contributed by atoms with van der Waals surface area (Å²) in [5.74, 6) is -2.84. The summed E-state index contributed by atoms with van der Waals surface area (Å²) in [6, 6.07) is 6.93. The number of sulfonamides is 1. The Kier molecular flexibility index (Phi) is 6.76. The first-order valence-electron chi connectivity index (χ1n) is 9.67. The van der Waals surface area contributed by atoms with Gasteiger partial charge in [0.1, 0.15) is 18.4 Å². The first kappa shape index (κ1) is 22.5. The zero-order valence-electron chi connectivity index (χ0n) is 17.0. The number of hydrogen-bond donors (Lipinski definition) is 3. The second-order valence-corrected chi connectivity index (χ2v) is 9.18. The molecular weight excluding hydrogens is 422 g/mol. The van der Waals surface area contributed by atoms with Crippen LogP contribution in [0.3, 0.4) is 0 Å². The second kappa shape index (κ2) is 9.31. The number of hydrogen-bond acceptors (Lipinski definition) is 7. The summed E-state index contributed by atoms with van der Waals surface area (Å²) in [6.45, 7) is 3.41. The summed E-state index contributed by atoms with van der Waals surface area (Å²) in [6.07, 6.45) is 1.29. The maximum Gasteiger partial charge on any atom is 0.289 e. The number of Topliss-reactive ketones (excluding diaryl/α,β-unsaturated/α-hetero) is 1. The lowest BCUT2D eigenvalue weighted by atomic mass is 10.0. The Labute approximate surface area is 179 Å². The minimum atomic E-state index is -3.97. The van der Waals surface area contributed by atoms with Crippen LogP contribution in [0, 0.1) is 5.92 Å². The number of carbonyl (C=O) groups is 3. The fourth-order valence-corrected chi connectivity index (χ4v) is 4.44. The van der Waals surface area contributed by atoms with Crippen molar-refractivity contribution in [3.8, 4) is 0 Å². The lowest BCUT2D eigenvalue weighted by Gasteiger charge is -2.24. The predicted octanol–water partition coefficient (Wildman–Crippen LogP) is -0.294. The van der Waals surface area contributed by atoms with Crippen LogP contribution in [0.4, 0.5) is 0 Å². The van der Waals surface area contributed by atoms with Crippen molar-refractivity contribution in [2.75, 3.05) is 0 Å².